The molecule has 0 bridgehead atoms. The Morgan fingerprint density at radius 2 is 0.600 bits per heavy atom. The lowest BCUT2D eigenvalue weighted by molar-refractivity contribution is 0.370. The molecule has 5 heteroatoms. The first kappa shape index (κ1) is 30.6. The smallest absolute Gasteiger partial charge is 0.324 e. The van der Waals surface area contributed by atoms with Crippen molar-refractivity contribution in [1.82, 2.24) is 0 Å². The second kappa shape index (κ2) is 24.3. The molecule has 0 spiro atoms. The molecule has 0 aliphatic heterocycles. The van der Waals surface area contributed by atoms with Crippen molar-refractivity contribution >= 4 is 23.5 Å². The number of alkyl halides is 1. The van der Waals surface area contributed by atoms with Gasteiger partial charge in [-0.25, -0.2) is 0 Å². The van der Waals surface area contributed by atoms with E-state index in [2.05, 4.69) is 15.9 Å². The first-order valence-corrected chi connectivity index (χ1v) is 16.1. The van der Waals surface area contributed by atoms with Gasteiger partial charge in [0.1, 0.15) is 0 Å². The van der Waals surface area contributed by atoms with Gasteiger partial charge in [0.05, 0.1) is 0 Å². The predicted octanol–water partition coefficient (Wildman–Crippen LogP) is 9.53. The van der Waals surface area contributed by atoms with Crippen molar-refractivity contribution in [2.75, 3.05) is 11.5 Å². The van der Waals surface area contributed by atoms with Gasteiger partial charge >= 0.3 is 7.60 Å². The minimum atomic E-state index is -3.76. The van der Waals surface area contributed by atoms with Gasteiger partial charge in [-0.3, -0.25) is 4.57 Å². The van der Waals surface area contributed by atoms with Crippen molar-refractivity contribution in [3.8, 4) is 0 Å². The summed E-state index contributed by atoms with van der Waals surface area (Å²) in [6, 6.07) is 0. The molecule has 2 N–H and O–H groups in total. The van der Waals surface area contributed by atoms with E-state index in [1.807, 2.05) is 0 Å². The number of hydrogen-bond acceptors (Lipinski definition) is 1. The Bertz CT molecular complexity index is 373. The van der Waals surface area contributed by atoms with Gasteiger partial charge in [0.15, 0.2) is 0 Å². The van der Waals surface area contributed by atoms with Gasteiger partial charge in [-0.15, -0.1) is 0 Å². The standard InChI is InChI=1S/C25H52BrO3P/c26-24-22-20-18-16-14-12-10-8-6-4-2-1-3-5-7-9-11-13-15-17-19-21-23-25-30(27,28)29/h1-25H2,(H2,27,28,29). The fourth-order valence-electron chi connectivity index (χ4n) is 4.12. The van der Waals surface area contributed by atoms with E-state index in [1.54, 1.807) is 0 Å². The van der Waals surface area contributed by atoms with Crippen LogP contribution in [0.25, 0.3) is 0 Å². The van der Waals surface area contributed by atoms with Crippen LogP contribution in [0.5, 0.6) is 0 Å². The topological polar surface area (TPSA) is 57.5 Å². The molecule has 0 aromatic rings. The third-order valence-electron chi connectivity index (χ3n) is 6.08. The molecule has 0 fully saturated rings. The molecule has 0 radical (unpaired) electrons. The molecule has 0 aromatic carbocycles. The van der Waals surface area contributed by atoms with Gasteiger partial charge in [0.2, 0.25) is 0 Å². The van der Waals surface area contributed by atoms with E-state index in [1.165, 1.54) is 134 Å². The first-order chi connectivity index (χ1) is 14.6. The monoisotopic (exact) mass is 510 g/mol. The first-order valence-electron chi connectivity index (χ1n) is 13.2. The maximum atomic E-state index is 10.7. The van der Waals surface area contributed by atoms with Gasteiger partial charge in [-0.1, -0.05) is 151 Å². The molecular weight excluding hydrogens is 459 g/mol. The summed E-state index contributed by atoms with van der Waals surface area (Å²) >= 11 is 3.50. The molecule has 0 heterocycles. The maximum absolute atomic E-state index is 10.7. The molecule has 0 atom stereocenters. The lowest BCUT2D eigenvalue weighted by atomic mass is 10.0. The Balaban J connectivity index is 3.03. The second-order valence-electron chi connectivity index (χ2n) is 9.21. The molecule has 0 amide bonds. The Kier molecular flexibility index (Phi) is 24.8. The fraction of sp³-hybridized carbons (Fsp3) is 1.00. The van der Waals surface area contributed by atoms with Crippen LogP contribution in [-0.4, -0.2) is 21.3 Å². The quantitative estimate of drug-likeness (QED) is 0.0729. The molecule has 0 aliphatic rings. The van der Waals surface area contributed by atoms with Crippen molar-refractivity contribution in [2.24, 2.45) is 0 Å². The third-order valence-corrected chi connectivity index (χ3v) is 7.54. The molecule has 0 rings (SSSR count). The van der Waals surface area contributed by atoms with Gasteiger partial charge < -0.3 is 9.79 Å². The zero-order valence-corrected chi connectivity index (χ0v) is 22.3. The summed E-state index contributed by atoms with van der Waals surface area (Å²) in [4.78, 5) is 17.6. The lowest BCUT2D eigenvalue weighted by Crippen LogP contribution is -1.88. The van der Waals surface area contributed by atoms with E-state index in [-0.39, 0.29) is 6.16 Å². The van der Waals surface area contributed by atoms with E-state index in [4.69, 9.17) is 9.79 Å². The van der Waals surface area contributed by atoms with E-state index in [0.29, 0.717) is 6.42 Å². The highest BCUT2D eigenvalue weighted by Crippen LogP contribution is 2.35. The molecule has 0 aromatic heterocycles. The molecule has 0 aliphatic carbocycles. The predicted molar refractivity (Wildman–Crippen MR) is 137 cm³/mol. The van der Waals surface area contributed by atoms with E-state index < -0.39 is 7.60 Å². The van der Waals surface area contributed by atoms with Crippen molar-refractivity contribution in [3.05, 3.63) is 0 Å². The van der Waals surface area contributed by atoms with Gasteiger partial charge in [-0.2, -0.15) is 0 Å². The van der Waals surface area contributed by atoms with Crippen molar-refractivity contribution in [1.29, 1.82) is 0 Å². The van der Waals surface area contributed by atoms with Crippen LogP contribution in [0.15, 0.2) is 0 Å². The zero-order valence-electron chi connectivity index (χ0n) is 19.8. The highest BCUT2D eigenvalue weighted by atomic mass is 79.9. The van der Waals surface area contributed by atoms with Crippen molar-refractivity contribution < 1.29 is 14.4 Å². The summed E-state index contributed by atoms with van der Waals surface area (Å²) in [7, 11) is -3.76. The molecular formula is C25H52BrO3P. The maximum Gasteiger partial charge on any atom is 0.325 e. The Morgan fingerprint density at radius 3 is 0.800 bits per heavy atom. The molecule has 3 nitrogen and oxygen atoms in total. The average molecular weight is 512 g/mol. The van der Waals surface area contributed by atoms with Gasteiger partial charge in [0, 0.05) is 11.5 Å². The average Bonchev–Trinajstić information content (AvgIpc) is 2.70. The summed E-state index contributed by atoms with van der Waals surface area (Å²) in [5, 5.41) is 1.17. The SMILES string of the molecule is O=P(O)(O)CCCCCCCCCCCCCCCCCCCCCCCCCBr. The van der Waals surface area contributed by atoms with E-state index >= 15 is 0 Å². The minimum absolute atomic E-state index is 0.0607. The van der Waals surface area contributed by atoms with Gasteiger partial charge in [-0.05, 0) is 12.8 Å². The zero-order chi connectivity index (χ0) is 22.2. The number of unbranched alkanes of at least 4 members (excludes halogenated alkanes) is 22. The van der Waals surface area contributed by atoms with Crippen LogP contribution in [-0.2, 0) is 4.57 Å². The van der Waals surface area contributed by atoms with E-state index in [9.17, 15) is 4.57 Å². The summed E-state index contributed by atoms with van der Waals surface area (Å²) < 4.78 is 10.7. The largest absolute Gasteiger partial charge is 0.325 e. The van der Waals surface area contributed by atoms with Crippen LogP contribution < -0.4 is 0 Å². The highest BCUT2D eigenvalue weighted by Gasteiger charge is 2.10. The second-order valence-corrected chi connectivity index (χ2v) is 11.8. The molecule has 0 saturated carbocycles. The lowest BCUT2D eigenvalue weighted by Gasteiger charge is -2.05. The van der Waals surface area contributed by atoms with Crippen LogP contribution in [0.2, 0.25) is 0 Å². The molecule has 0 unspecified atom stereocenters. The Morgan fingerprint density at radius 1 is 0.400 bits per heavy atom. The normalized spacial score (nSPS) is 12.0. The third kappa shape index (κ3) is 28.6. The summed E-state index contributed by atoms with van der Waals surface area (Å²) in [6.45, 7) is 0. The van der Waals surface area contributed by atoms with Crippen LogP contribution in [0.3, 0.4) is 0 Å². The molecule has 182 valence electrons. The summed E-state index contributed by atoms with van der Waals surface area (Å²) in [6.07, 6.45) is 30.8. The molecule has 0 saturated heterocycles. The summed E-state index contributed by atoms with van der Waals surface area (Å²) in [5.74, 6) is 0. The fourth-order valence-corrected chi connectivity index (χ4v) is 5.16. The Hall–Kier alpha value is 0.630. The van der Waals surface area contributed by atoms with Crippen LogP contribution in [0.4, 0.5) is 0 Å². The van der Waals surface area contributed by atoms with Crippen LogP contribution >= 0.6 is 23.5 Å². The number of hydrogen-bond donors (Lipinski definition) is 2. The van der Waals surface area contributed by atoms with Gasteiger partial charge in [0.25, 0.3) is 0 Å². The number of halogens is 1. The summed E-state index contributed by atoms with van der Waals surface area (Å²) in [5.41, 5.74) is 0. The Labute approximate surface area is 196 Å². The van der Waals surface area contributed by atoms with E-state index in [0.717, 1.165) is 12.8 Å². The molecule has 30 heavy (non-hydrogen) atoms. The highest BCUT2D eigenvalue weighted by molar-refractivity contribution is 9.09. The van der Waals surface area contributed by atoms with Crippen molar-refractivity contribution in [2.45, 2.75) is 148 Å². The van der Waals surface area contributed by atoms with Crippen LogP contribution in [0, 0.1) is 0 Å². The minimum Gasteiger partial charge on any atom is -0.324 e. The van der Waals surface area contributed by atoms with Crippen LogP contribution in [0.1, 0.15) is 148 Å². The number of rotatable bonds is 25. The van der Waals surface area contributed by atoms with Crippen molar-refractivity contribution in [3.63, 3.8) is 0 Å².